The quantitative estimate of drug-likeness (QED) is 0.141. The molecule has 11 heteroatoms. The molecule has 3 aromatic carbocycles. The number of methoxy groups -OCH3 is 7. The van der Waals surface area contributed by atoms with Crippen LogP contribution >= 0.6 is 0 Å². The van der Waals surface area contributed by atoms with Crippen LogP contribution in [-0.4, -0.2) is 61.6 Å². The zero-order valence-corrected chi connectivity index (χ0v) is 24.2. The van der Waals surface area contributed by atoms with Crippen LogP contribution in [0.3, 0.4) is 0 Å². The zero-order chi connectivity index (χ0) is 30.1. The van der Waals surface area contributed by atoms with E-state index in [0.717, 1.165) is 0 Å². The molecule has 0 saturated heterocycles. The van der Waals surface area contributed by atoms with Gasteiger partial charge in [0.25, 0.3) is 5.91 Å². The summed E-state index contributed by atoms with van der Waals surface area (Å²) in [7, 11) is 10.4. The van der Waals surface area contributed by atoms with E-state index in [4.69, 9.17) is 37.9 Å². The van der Waals surface area contributed by atoms with E-state index < -0.39 is 11.9 Å². The van der Waals surface area contributed by atoms with E-state index in [0.29, 0.717) is 57.1 Å². The van der Waals surface area contributed by atoms with Gasteiger partial charge in [-0.25, -0.2) is 0 Å². The lowest BCUT2D eigenvalue weighted by Crippen LogP contribution is -2.14. The highest BCUT2D eigenvalue weighted by Gasteiger charge is 2.21. The van der Waals surface area contributed by atoms with Crippen LogP contribution in [0.5, 0.6) is 46.0 Å². The lowest BCUT2D eigenvalue weighted by atomic mass is 10.00. The Hall–Kier alpha value is -5.06. The zero-order valence-electron chi connectivity index (χ0n) is 24.2. The highest BCUT2D eigenvalue weighted by Crippen LogP contribution is 2.42. The number of benzene rings is 3. The standard InChI is InChI=1S/C30H33NO10/c1-17(32)41-23-12-18(9-10-22(23)34-2)11-21(19-13-24(35-3)28(39-7)25(14-19)36-4)30(33)31-20-15-26(37-5)29(40-8)27(16-20)38-6/h9-16H,1-8H3,(H,31,33)/b21-11+. The molecule has 0 spiro atoms. The fourth-order valence-electron chi connectivity index (χ4n) is 4.05. The molecule has 0 bridgehead atoms. The topological polar surface area (TPSA) is 120 Å². The van der Waals surface area contributed by atoms with Crippen molar-refractivity contribution in [2.75, 3.05) is 55.1 Å². The van der Waals surface area contributed by atoms with Crippen molar-refractivity contribution in [1.82, 2.24) is 0 Å². The first kappa shape index (κ1) is 30.5. The van der Waals surface area contributed by atoms with E-state index in [-0.39, 0.29) is 11.3 Å². The van der Waals surface area contributed by atoms with Crippen LogP contribution in [0.4, 0.5) is 5.69 Å². The Morgan fingerprint density at radius 1 is 0.610 bits per heavy atom. The number of anilines is 1. The van der Waals surface area contributed by atoms with Crippen LogP contribution in [0.15, 0.2) is 42.5 Å². The SMILES string of the molecule is COc1ccc(/C=C(/C(=O)Nc2cc(OC)c(OC)c(OC)c2)c2cc(OC)c(OC)c(OC)c2)cc1OC(C)=O. The minimum absolute atomic E-state index is 0.197. The Morgan fingerprint density at radius 2 is 1.10 bits per heavy atom. The third-order valence-electron chi connectivity index (χ3n) is 5.90. The number of carbonyl (C=O) groups is 2. The maximum Gasteiger partial charge on any atom is 0.308 e. The lowest BCUT2D eigenvalue weighted by Gasteiger charge is -2.17. The molecule has 0 fully saturated rings. The van der Waals surface area contributed by atoms with Gasteiger partial charge in [0.1, 0.15) is 0 Å². The average molecular weight is 568 g/mol. The van der Waals surface area contributed by atoms with Gasteiger partial charge in [0.2, 0.25) is 11.5 Å². The van der Waals surface area contributed by atoms with Crippen LogP contribution in [0.25, 0.3) is 11.6 Å². The molecular formula is C30H33NO10. The number of esters is 1. The van der Waals surface area contributed by atoms with Crippen molar-refractivity contribution in [2.24, 2.45) is 0 Å². The molecule has 0 aromatic heterocycles. The largest absolute Gasteiger partial charge is 0.493 e. The van der Waals surface area contributed by atoms with E-state index in [1.807, 2.05) is 0 Å². The van der Waals surface area contributed by atoms with Gasteiger partial charge in [0.15, 0.2) is 34.5 Å². The summed E-state index contributed by atoms with van der Waals surface area (Å²) in [6.45, 7) is 1.29. The van der Waals surface area contributed by atoms with Gasteiger partial charge in [-0.05, 0) is 41.5 Å². The van der Waals surface area contributed by atoms with E-state index in [9.17, 15) is 9.59 Å². The summed E-state index contributed by atoms with van der Waals surface area (Å²) in [5, 5.41) is 2.89. The molecule has 41 heavy (non-hydrogen) atoms. The highest BCUT2D eigenvalue weighted by atomic mass is 16.6. The highest BCUT2D eigenvalue weighted by molar-refractivity contribution is 6.29. The summed E-state index contributed by atoms with van der Waals surface area (Å²) >= 11 is 0. The monoisotopic (exact) mass is 567 g/mol. The van der Waals surface area contributed by atoms with Gasteiger partial charge >= 0.3 is 5.97 Å². The summed E-state index contributed by atoms with van der Waals surface area (Å²) in [5.74, 6) is 1.72. The predicted octanol–water partition coefficient (Wildman–Crippen LogP) is 4.85. The maximum absolute atomic E-state index is 13.9. The number of ether oxygens (including phenoxy) is 8. The minimum Gasteiger partial charge on any atom is -0.493 e. The number of hydrogen-bond acceptors (Lipinski definition) is 10. The lowest BCUT2D eigenvalue weighted by molar-refractivity contribution is -0.132. The van der Waals surface area contributed by atoms with Gasteiger partial charge in [0, 0.05) is 30.3 Å². The van der Waals surface area contributed by atoms with Crippen molar-refractivity contribution in [3.05, 3.63) is 53.6 Å². The third kappa shape index (κ3) is 6.93. The van der Waals surface area contributed by atoms with Crippen LogP contribution in [0.1, 0.15) is 18.1 Å². The molecule has 0 unspecified atom stereocenters. The van der Waals surface area contributed by atoms with Crippen LogP contribution in [0, 0.1) is 0 Å². The third-order valence-corrected chi connectivity index (χ3v) is 5.90. The predicted molar refractivity (Wildman–Crippen MR) is 153 cm³/mol. The van der Waals surface area contributed by atoms with Crippen LogP contribution in [-0.2, 0) is 9.59 Å². The van der Waals surface area contributed by atoms with Crippen LogP contribution in [0.2, 0.25) is 0 Å². The maximum atomic E-state index is 13.9. The van der Waals surface area contributed by atoms with Gasteiger partial charge in [0.05, 0.1) is 49.8 Å². The summed E-state index contributed by atoms with van der Waals surface area (Å²) in [4.78, 5) is 25.6. The first-order chi connectivity index (χ1) is 19.7. The Morgan fingerprint density at radius 3 is 1.54 bits per heavy atom. The second-order valence-electron chi connectivity index (χ2n) is 8.34. The first-order valence-corrected chi connectivity index (χ1v) is 12.2. The molecule has 0 heterocycles. The van der Waals surface area contributed by atoms with E-state index in [2.05, 4.69) is 5.32 Å². The Labute approximate surface area is 238 Å². The number of hydrogen-bond donors (Lipinski definition) is 1. The molecule has 0 aliphatic carbocycles. The summed E-state index contributed by atoms with van der Waals surface area (Å²) < 4.78 is 43.3. The van der Waals surface area contributed by atoms with Gasteiger partial charge in [-0.2, -0.15) is 0 Å². The Balaban J connectivity index is 2.21. The number of rotatable bonds is 12. The van der Waals surface area contributed by atoms with Gasteiger partial charge in [-0.1, -0.05) is 6.07 Å². The number of nitrogens with one attached hydrogen (secondary N) is 1. The molecule has 0 aliphatic heterocycles. The van der Waals surface area contributed by atoms with Crippen molar-refractivity contribution in [2.45, 2.75) is 6.92 Å². The molecule has 0 aliphatic rings. The molecule has 1 amide bonds. The van der Waals surface area contributed by atoms with Crippen molar-refractivity contribution >= 4 is 29.2 Å². The van der Waals surface area contributed by atoms with Gasteiger partial charge in [-0.3, -0.25) is 9.59 Å². The molecule has 1 N–H and O–H groups in total. The molecular weight excluding hydrogens is 534 g/mol. The van der Waals surface area contributed by atoms with Gasteiger partial charge in [-0.15, -0.1) is 0 Å². The van der Waals surface area contributed by atoms with E-state index in [1.165, 1.54) is 56.7 Å². The normalized spacial score (nSPS) is 10.8. The Bertz CT molecular complexity index is 1400. The molecule has 0 radical (unpaired) electrons. The van der Waals surface area contributed by atoms with E-state index >= 15 is 0 Å². The summed E-state index contributed by atoms with van der Waals surface area (Å²) in [5.41, 5.74) is 1.61. The number of carbonyl (C=O) groups excluding carboxylic acids is 2. The van der Waals surface area contributed by atoms with E-state index in [1.54, 1.807) is 48.5 Å². The van der Waals surface area contributed by atoms with Crippen molar-refractivity contribution < 1.29 is 47.5 Å². The Kier molecular flexibility index (Phi) is 10.3. The molecule has 0 atom stereocenters. The van der Waals surface area contributed by atoms with Crippen molar-refractivity contribution in [1.29, 1.82) is 0 Å². The summed E-state index contributed by atoms with van der Waals surface area (Å²) in [6, 6.07) is 11.5. The molecule has 3 rings (SSSR count). The smallest absolute Gasteiger partial charge is 0.308 e. The van der Waals surface area contributed by atoms with Gasteiger partial charge < -0.3 is 43.2 Å². The molecule has 3 aromatic rings. The van der Waals surface area contributed by atoms with Crippen LogP contribution < -0.4 is 43.2 Å². The fraction of sp³-hybridized carbons (Fsp3) is 0.267. The first-order valence-electron chi connectivity index (χ1n) is 12.2. The second kappa shape index (κ2) is 13.8. The number of amides is 1. The fourth-order valence-corrected chi connectivity index (χ4v) is 4.05. The molecule has 0 saturated carbocycles. The summed E-state index contributed by atoms with van der Waals surface area (Å²) in [6.07, 6.45) is 1.63. The van der Waals surface area contributed by atoms with Crippen molar-refractivity contribution in [3.63, 3.8) is 0 Å². The molecule has 218 valence electrons. The molecule has 11 nitrogen and oxygen atoms in total. The van der Waals surface area contributed by atoms with Crippen molar-refractivity contribution in [3.8, 4) is 46.0 Å². The second-order valence-corrected chi connectivity index (χ2v) is 8.34. The average Bonchev–Trinajstić information content (AvgIpc) is 2.98. The minimum atomic E-state index is -0.519.